The molecule has 20 heavy (non-hydrogen) atoms. The third-order valence-corrected chi connectivity index (χ3v) is 2.64. The van der Waals surface area contributed by atoms with Crippen LogP contribution in [0, 0.1) is 0 Å². The predicted octanol–water partition coefficient (Wildman–Crippen LogP) is 2.74. The van der Waals surface area contributed by atoms with Gasteiger partial charge in [0.05, 0.1) is 39.3 Å². The number of benzene rings is 1. The lowest BCUT2D eigenvalue weighted by atomic mass is 10.1. The maximum absolute atomic E-state index is 5.45. The highest BCUT2D eigenvalue weighted by Gasteiger charge is 1.94. The Morgan fingerprint density at radius 2 is 1.50 bits per heavy atom. The van der Waals surface area contributed by atoms with Crippen molar-refractivity contribution >= 4 is 5.57 Å². The van der Waals surface area contributed by atoms with Gasteiger partial charge < -0.3 is 18.9 Å². The molecule has 4 heteroatoms. The first-order valence-corrected chi connectivity index (χ1v) is 6.83. The van der Waals surface area contributed by atoms with Crippen molar-refractivity contribution in [2.45, 2.75) is 6.92 Å². The fourth-order valence-electron chi connectivity index (χ4n) is 1.52. The van der Waals surface area contributed by atoms with Crippen molar-refractivity contribution in [3.63, 3.8) is 0 Å². The molecule has 0 unspecified atom stereocenters. The lowest BCUT2D eigenvalue weighted by Crippen LogP contribution is -2.10. The molecule has 0 aliphatic carbocycles. The average molecular weight is 280 g/mol. The molecule has 0 saturated heterocycles. The molecule has 4 nitrogen and oxygen atoms in total. The van der Waals surface area contributed by atoms with E-state index in [0.29, 0.717) is 39.6 Å². The van der Waals surface area contributed by atoms with E-state index in [9.17, 15) is 0 Å². The van der Waals surface area contributed by atoms with Crippen LogP contribution in [0.25, 0.3) is 5.57 Å². The van der Waals surface area contributed by atoms with Crippen LogP contribution in [0.3, 0.4) is 0 Å². The van der Waals surface area contributed by atoms with Gasteiger partial charge in [-0.1, -0.05) is 30.3 Å². The van der Waals surface area contributed by atoms with E-state index in [-0.39, 0.29) is 0 Å². The number of allylic oxidation sites excluding steroid dienone is 1. The van der Waals surface area contributed by atoms with Crippen molar-refractivity contribution in [1.82, 2.24) is 0 Å². The third-order valence-electron chi connectivity index (χ3n) is 2.64. The molecule has 1 rings (SSSR count). The van der Waals surface area contributed by atoms with Crippen molar-refractivity contribution in [2.75, 3.05) is 46.8 Å². The summed E-state index contributed by atoms with van der Waals surface area (Å²) < 4.78 is 21.0. The molecule has 0 aliphatic rings. The Morgan fingerprint density at radius 3 is 2.15 bits per heavy atom. The molecule has 0 aromatic heterocycles. The zero-order chi connectivity index (χ0) is 14.5. The number of ether oxygens (including phenoxy) is 4. The van der Waals surface area contributed by atoms with Gasteiger partial charge in [0, 0.05) is 7.11 Å². The van der Waals surface area contributed by atoms with E-state index in [1.54, 1.807) is 13.4 Å². The summed E-state index contributed by atoms with van der Waals surface area (Å²) in [6.45, 7) is 5.52. The van der Waals surface area contributed by atoms with Gasteiger partial charge in [-0.3, -0.25) is 0 Å². The SMILES string of the molecule is COCCOCCOCCO/C=C(/C)c1ccccc1. The zero-order valence-electron chi connectivity index (χ0n) is 12.3. The Bertz CT molecular complexity index is 362. The van der Waals surface area contributed by atoms with Crippen molar-refractivity contribution < 1.29 is 18.9 Å². The van der Waals surface area contributed by atoms with Crippen LogP contribution in [0.5, 0.6) is 0 Å². The second-order valence-corrected chi connectivity index (χ2v) is 4.26. The van der Waals surface area contributed by atoms with E-state index in [1.165, 1.54) is 5.56 Å². The molecular formula is C16H24O4. The summed E-state index contributed by atoms with van der Waals surface area (Å²) in [5.41, 5.74) is 2.27. The number of rotatable bonds is 11. The quantitative estimate of drug-likeness (QED) is 0.461. The van der Waals surface area contributed by atoms with Gasteiger partial charge in [0.15, 0.2) is 0 Å². The highest BCUT2D eigenvalue weighted by atomic mass is 16.5. The molecule has 0 saturated carbocycles. The molecule has 0 aliphatic heterocycles. The van der Waals surface area contributed by atoms with Crippen LogP contribution in [0.15, 0.2) is 36.6 Å². The molecule has 1 aromatic carbocycles. The van der Waals surface area contributed by atoms with Gasteiger partial charge in [0.25, 0.3) is 0 Å². The van der Waals surface area contributed by atoms with Gasteiger partial charge in [-0.25, -0.2) is 0 Å². The Hall–Kier alpha value is -1.36. The molecule has 0 spiro atoms. The van der Waals surface area contributed by atoms with Crippen LogP contribution in [-0.2, 0) is 18.9 Å². The van der Waals surface area contributed by atoms with Crippen LogP contribution in [0.4, 0.5) is 0 Å². The molecule has 112 valence electrons. The Labute approximate surface area is 121 Å². The summed E-state index contributed by atoms with van der Waals surface area (Å²) in [5, 5.41) is 0. The van der Waals surface area contributed by atoms with E-state index in [0.717, 1.165) is 5.57 Å². The van der Waals surface area contributed by atoms with Gasteiger partial charge in [0.2, 0.25) is 0 Å². The monoisotopic (exact) mass is 280 g/mol. The maximum Gasteiger partial charge on any atom is 0.111 e. The smallest absolute Gasteiger partial charge is 0.111 e. The van der Waals surface area contributed by atoms with Crippen LogP contribution in [0.2, 0.25) is 0 Å². The van der Waals surface area contributed by atoms with Gasteiger partial charge >= 0.3 is 0 Å². The minimum atomic E-state index is 0.544. The summed E-state index contributed by atoms with van der Waals surface area (Å²) in [5.74, 6) is 0. The number of hydrogen-bond donors (Lipinski definition) is 0. The number of methoxy groups -OCH3 is 1. The van der Waals surface area contributed by atoms with E-state index < -0.39 is 0 Å². The second kappa shape index (κ2) is 11.5. The molecule has 0 N–H and O–H groups in total. The first-order chi connectivity index (χ1) is 9.84. The Morgan fingerprint density at radius 1 is 0.900 bits per heavy atom. The van der Waals surface area contributed by atoms with Crippen LogP contribution >= 0.6 is 0 Å². The molecule has 0 radical (unpaired) electrons. The first kappa shape index (κ1) is 16.7. The molecule has 0 heterocycles. The third kappa shape index (κ3) is 7.94. The first-order valence-electron chi connectivity index (χ1n) is 6.83. The van der Waals surface area contributed by atoms with Crippen molar-refractivity contribution in [3.8, 4) is 0 Å². The Balaban J connectivity index is 1.99. The average Bonchev–Trinajstić information content (AvgIpc) is 2.50. The largest absolute Gasteiger partial charge is 0.498 e. The molecule has 0 bridgehead atoms. The highest BCUT2D eigenvalue weighted by molar-refractivity contribution is 5.62. The second-order valence-electron chi connectivity index (χ2n) is 4.26. The topological polar surface area (TPSA) is 36.9 Å². The fourth-order valence-corrected chi connectivity index (χ4v) is 1.52. The van der Waals surface area contributed by atoms with E-state index >= 15 is 0 Å². The summed E-state index contributed by atoms with van der Waals surface area (Å²) in [7, 11) is 1.65. The fraction of sp³-hybridized carbons (Fsp3) is 0.500. The van der Waals surface area contributed by atoms with Crippen molar-refractivity contribution in [1.29, 1.82) is 0 Å². The maximum atomic E-state index is 5.45. The highest BCUT2D eigenvalue weighted by Crippen LogP contribution is 2.12. The molecular weight excluding hydrogens is 256 g/mol. The van der Waals surface area contributed by atoms with Gasteiger partial charge in [-0.2, -0.15) is 0 Å². The van der Waals surface area contributed by atoms with Crippen molar-refractivity contribution in [2.24, 2.45) is 0 Å². The summed E-state index contributed by atoms with van der Waals surface area (Å²) in [6.07, 6.45) is 1.77. The summed E-state index contributed by atoms with van der Waals surface area (Å²) in [4.78, 5) is 0. The minimum Gasteiger partial charge on any atom is -0.498 e. The van der Waals surface area contributed by atoms with E-state index in [2.05, 4.69) is 12.1 Å². The molecule has 0 atom stereocenters. The van der Waals surface area contributed by atoms with Gasteiger partial charge in [0.1, 0.15) is 6.61 Å². The summed E-state index contributed by atoms with van der Waals surface area (Å²) in [6, 6.07) is 10.1. The van der Waals surface area contributed by atoms with Crippen LogP contribution < -0.4 is 0 Å². The molecule has 0 amide bonds. The van der Waals surface area contributed by atoms with E-state index in [4.69, 9.17) is 18.9 Å². The normalized spacial score (nSPS) is 11.6. The Kier molecular flexibility index (Phi) is 9.57. The zero-order valence-corrected chi connectivity index (χ0v) is 12.3. The van der Waals surface area contributed by atoms with Gasteiger partial charge in [-0.15, -0.1) is 0 Å². The molecule has 1 aromatic rings. The van der Waals surface area contributed by atoms with Gasteiger partial charge in [-0.05, 0) is 18.1 Å². The standard InChI is InChI=1S/C16H24O4/c1-15(16-6-4-3-5-7-16)14-20-13-12-19-11-10-18-9-8-17-2/h3-7,14H,8-13H2,1-2H3/b15-14-. The minimum absolute atomic E-state index is 0.544. The van der Waals surface area contributed by atoms with Crippen molar-refractivity contribution in [3.05, 3.63) is 42.2 Å². The van der Waals surface area contributed by atoms with Crippen LogP contribution in [0.1, 0.15) is 12.5 Å². The predicted molar refractivity (Wildman–Crippen MR) is 79.6 cm³/mol. The lowest BCUT2D eigenvalue weighted by Gasteiger charge is -2.06. The summed E-state index contributed by atoms with van der Waals surface area (Å²) >= 11 is 0. The van der Waals surface area contributed by atoms with Crippen LogP contribution in [-0.4, -0.2) is 46.8 Å². The lowest BCUT2D eigenvalue weighted by molar-refractivity contribution is 0.0144. The van der Waals surface area contributed by atoms with E-state index in [1.807, 2.05) is 25.1 Å². The number of hydrogen-bond acceptors (Lipinski definition) is 4. The molecule has 0 fully saturated rings.